The molecule has 1 aliphatic heterocycles. The zero-order valence-electron chi connectivity index (χ0n) is 8.69. The molecule has 0 aromatic carbocycles. The van der Waals surface area contributed by atoms with Crippen molar-refractivity contribution in [1.29, 1.82) is 0 Å². The van der Waals surface area contributed by atoms with E-state index in [1.165, 1.54) is 0 Å². The maximum absolute atomic E-state index is 9.49. The molecule has 0 aliphatic carbocycles. The van der Waals surface area contributed by atoms with Crippen molar-refractivity contribution in [2.24, 2.45) is 5.92 Å². The van der Waals surface area contributed by atoms with Gasteiger partial charge in [0, 0.05) is 18.5 Å². The number of rotatable bonds is 2. The van der Waals surface area contributed by atoms with Gasteiger partial charge in [-0.25, -0.2) is 4.98 Å². The van der Waals surface area contributed by atoms with Gasteiger partial charge in [0.2, 0.25) is 0 Å². The van der Waals surface area contributed by atoms with Crippen LogP contribution in [0.2, 0.25) is 5.15 Å². The van der Waals surface area contributed by atoms with Crippen LogP contribution < -0.4 is 4.90 Å². The number of anilines is 1. The fourth-order valence-electron chi connectivity index (χ4n) is 1.96. The smallest absolute Gasteiger partial charge is 0.186 e. The number of piperidine rings is 1. The molecule has 0 saturated carbocycles. The minimum Gasteiger partial charge on any atom is -0.393 e. The van der Waals surface area contributed by atoms with E-state index >= 15 is 0 Å². The molecule has 0 bridgehead atoms. The summed E-state index contributed by atoms with van der Waals surface area (Å²) < 4.78 is 0. The molecule has 1 unspecified atom stereocenters. The van der Waals surface area contributed by atoms with Gasteiger partial charge in [0.05, 0.1) is 6.10 Å². The first kappa shape index (κ1) is 11.2. The van der Waals surface area contributed by atoms with Gasteiger partial charge in [0.15, 0.2) is 5.13 Å². The minimum absolute atomic E-state index is 0.188. The normalized spacial score (nSPS) is 20.6. The molecule has 1 saturated heterocycles. The van der Waals surface area contributed by atoms with Gasteiger partial charge < -0.3 is 10.0 Å². The van der Waals surface area contributed by atoms with E-state index < -0.39 is 0 Å². The molecule has 1 fully saturated rings. The fourth-order valence-corrected chi connectivity index (χ4v) is 2.97. The molecule has 0 radical (unpaired) electrons. The van der Waals surface area contributed by atoms with E-state index in [1.807, 2.05) is 12.3 Å². The summed E-state index contributed by atoms with van der Waals surface area (Å²) in [4.78, 5) is 6.50. The lowest BCUT2D eigenvalue weighted by atomic mass is 9.92. The van der Waals surface area contributed by atoms with Crippen LogP contribution in [0.3, 0.4) is 0 Å². The third-order valence-corrected chi connectivity index (χ3v) is 4.18. The molecule has 15 heavy (non-hydrogen) atoms. The fraction of sp³-hybridized carbons (Fsp3) is 0.700. The summed E-state index contributed by atoms with van der Waals surface area (Å²) in [5, 5.41) is 12.9. The Morgan fingerprint density at radius 3 is 2.73 bits per heavy atom. The Hall–Kier alpha value is -0.320. The lowest BCUT2D eigenvalue weighted by Gasteiger charge is -2.32. The first-order valence-electron chi connectivity index (χ1n) is 5.21. The minimum atomic E-state index is -0.188. The predicted molar refractivity (Wildman–Crippen MR) is 63.7 cm³/mol. The molecule has 1 N–H and O–H groups in total. The maximum Gasteiger partial charge on any atom is 0.186 e. The Morgan fingerprint density at radius 1 is 1.60 bits per heavy atom. The molecular weight excluding hydrogens is 232 g/mol. The number of aromatic nitrogens is 1. The monoisotopic (exact) mass is 246 g/mol. The average Bonchev–Trinajstić information content (AvgIpc) is 2.65. The lowest BCUT2D eigenvalue weighted by Crippen LogP contribution is -2.36. The molecule has 1 aliphatic rings. The van der Waals surface area contributed by atoms with Gasteiger partial charge >= 0.3 is 0 Å². The summed E-state index contributed by atoms with van der Waals surface area (Å²) in [6.07, 6.45) is 1.89. The van der Waals surface area contributed by atoms with E-state index in [-0.39, 0.29) is 6.10 Å². The number of thiazole rings is 1. The van der Waals surface area contributed by atoms with Crippen LogP contribution in [0.4, 0.5) is 5.13 Å². The molecular formula is C10H15ClN2OS. The summed E-state index contributed by atoms with van der Waals surface area (Å²) >= 11 is 7.38. The topological polar surface area (TPSA) is 36.4 Å². The summed E-state index contributed by atoms with van der Waals surface area (Å²) in [7, 11) is 0. The van der Waals surface area contributed by atoms with Crippen LogP contribution in [0.5, 0.6) is 0 Å². The molecule has 2 rings (SSSR count). The van der Waals surface area contributed by atoms with Crippen molar-refractivity contribution in [3.8, 4) is 0 Å². The van der Waals surface area contributed by atoms with E-state index in [0.717, 1.165) is 31.1 Å². The Bertz CT molecular complexity index is 321. The number of hydrogen-bond donors (Lipinski definition) is 1. The average molecular weight is 247 g/mol. The highest BCUT2D eigenvalue weighted by Gasteiger charge is 2.23. The summed E-state index contributed by atoms with van der Waals surface area (Å²) in [6.45, 7) is 3.82. The SMILES string of the molecule is CC(O)C1CCN(c2nc(Cl)cs2)CC1. The first-order chi connectivity index (χ1) is 7.16. The molecule has 0 spiro atoms. The highest BCUT2D eigenvalue weighted by atomic mass is 35.5. The number of nitrogens with zero attached hydrogens (tertiary/aromatic N) is 2. The first-order valence-corrected chi connectivity index (χ1v) is 6.46. The van der Waals surface area contributed by atoms with Gasteiger partial charge in [-0.3, -0.25) is 0 Å². The Balaban J connectivity index is 1.93. The number of aliphatic hydroxyl groups excluding tert-OH is 1. The van der Waals surface area contributed by atoms with E-state index in [9.17, 15) is 5.11 Å². The Morgan fingerprint density at radius 2 is 2.27 bits per heavy atom. The van der Waals surface area contributed by atoms with E-state index in [0.29, 0.717) is 11.1 Å². The van der Waals surface area contributed by atoms with Crippen LogP contribution in [0, 0.1) is 5.92 Å². The summed E-state index contributed by atoms with van der Waals surface area (Å²) in [5.41, 5.74) is 0. The van der Waals surface area contributed by atoms with Crippen LogP contribution >= 0.6 is 22.9 Å². The van der Waals surface area contributed by atoms with Crippen molar-refractivity contribution < 1.29 is 5.11 Å². The second kappa shape index (κ2) is 4.68. The van der Waals surface area contributed by atoms with Gasteiger partial charge in [-0.2, -0.15) is 0 Å². The van der Waals surface area contributed by atoms with Crippen molar-refractivity contribution in [1.82, 2.24) is 4.98 Å². The van der Waals surface area contributed by atoms with E-state index in [4.69, 9.17) is 11.6 Å². The largest absolute Gasteiger partial charge is 0.393 e. The molecule has 1 aromatic heterocycles. The Labute approximate surface area is 98.7 Å². The molecule has 5 heteroatoms. The summed E-state index contributed by atoms with van der Waals surface area (Å²) in [5.74, 6) is 0.441. The second-order valence-corrected chi connectivity index (χ2v) is 5.24. The molecule has 0 amide bonds. The lowest BCUT2D eigenvalue weighted by molar-refractivity contribution is 0.110. The highest BCUT2D eigenvalue weighted by Crippen LogP contribution is 2.28. The van der Waals surface area contributed by atoms with Gasteiger partial charge in [-0.15, -0.1) is 11.3 Å². The number of halogens is 1. The number of aliphatic hydroxyl groups is 1. The third kappa shape index (κ3) is 2.62. The van der Waals surface area contributed by atoms with Crippen molar-refractivity contribution >= 4 is 28.1 Å². The van der Waals surface area contributed by atoms with Crippen molar-refractivity contribution in [3.63, 3.8) is 0 Å². The van der Waals surface area contributed by atoms with Crippen LogP contribution in [0.25, 0.3) is 0 Å². The number of hydrogen-bond acceptors (Lipinski definition) is 4. The molecule has 2 heterocycles. The zero-order chi connectivity index (χ0) is 10.8. The van der Waals surface area contributed by atoms with Gasteiger partial charge in [-0.1, -0.05) is 11.6 Å². The van der Waals surface area contributed by atoms with E-state index in [1.54, 1.807) is 11.3 Å². The molecule has 84 valence electrons. The van der Waals surface area contributed by atoms with Crippen molar-refractivity contribution in [2.75, 3.05) is 18.0 Å². The van der Waals surface area contributed by atoms with E-state index in [2.05, 4.69) is 9.88 Å². The highest BCUT2D eigenvalue weighted by molar-refractivity contribution is 7.14. The van der Waals surface area contributed by atoms with Crippen molar-refractivity contribution in [2.45, 2.75) is 25.9 Å². The van der Waals surface area contributed by atoms with Gasteiger partial charge in [0.25, 0.3) is 0 Å². The Kier molecular flexibility index (Phi) is 3.49. The zero-order valence-corrected chi connectivity index (χ0v) is 10.3. The second-order valence-electron chi connectivity index (χ2n) is 4.02. The van der Waals surface area contributed by atoms with Crippen molar-refractivity contribution in [3.05, 3.63) is 10.5 Å². The molecule has 1 aromatic rings. The standard InChI is InChI=1S/C10H15ClN2OS/c1-7(14)8-2-4-13(5-3-8)10-12-9(11)6-15-10/h6-8,14H,2-5H2,1H3. The predicted octanol–water partition coefficient (Wildman–Crippen LogP) is 2.39. The van der Waals surface area contributed by atoms with Crippen LogP contribution in [-0.4, -0.2) is 29.3 Å². The summed E-state index contributed by atoms with van der Waals surface area (Å²) in [6, 6.07) is 0. The van der Waals surface area contributed by atoms with Gasteiger partial charge in [-0.05, 0) is 25.7 Å². The third-order valence-electron chi connectivity index (χ3n) is 2.96. The van der Waals surface area contributed by atoms with Crippen LogP contribution in [0.15, 0.2) is 5.38 Å². The van der Waals surface area contributed by atoms with Crippen LogP contribution in [0.1, 0.15) is 19.8 Å². The van der Waals surface area contributed by atoms with Crippen LogP contribution in [-0.2, 0) is 0 Å². The molecule has 1 atom stereocenters. The van der Waals surface area contributed by atoms with Gasteiger partial charge in [0.1, 0.15) is 5.15 Å². The molecule has 3 nitrogen and oxygen atoms in total. The maximum atomic E-state index is 9.49. The quantitative estimate of drug-likeness (QED) is 0.871.